The van der Waals surface area contributed by atoms with E-state index in [1.54, 1.807) is 0 Å². The first-order valence-electron chi connectivity index (χ1n) is 7.64. The van der Waals surface area contributed by atoms with Gasteiger partial charge in [-0.05, 0) is 61.2 Å². The van der Waals surface area contributed by atoms with Crippen molar-refractivity contribution in [1.29, 1.82) is 0 Å². The summed E-state index contributed by atoms with van der Waals surface area (Å²) in [6.45, 7) is 5.07. The number of nitrogens with two attached hydrogens (primary N) is 1. The van der Waals surface area contributed by atoms with Crippen molar-refractivity contribution >= 4 is 35.6 Å². The Bertz CT molecular complexity index is 747. The third-order valence-electron chi connectivity index (χ3n) is 3.90. The van der Waals surface area contributed by atoms with Gasteiger partial charge in [0.2, 0.25) is 6.79 Å². The minimum absolute atomic E-state index is 0. The number of aryl methyl sites for hydroxylation is 2. The molecule has 3 N–H and O–H groups in total. The summed E-state index contributed by atoms with van der Waals surface area (Å²) in [6, 6.07) is 12.1. The monoisotopic (exact) mass is 439 g/mol. The van der Waals surface area contributed by atoms with Crippen LogP contribution in [-0.2, 0) is 6.42 Å². The molecule has 2 aromatic rings. The van der Waals surface area contributed by atoms with Crippen LogP contribution in [0, 0.1) is 13.8 Å². The first kappa shape index (κ1) is 18.4. The van der Waals surface area contributed by atoms with Gasteiger partial charge in [-0.15, -0.1) is 24.0 Å². The molecule has 0 amide bonds. The van der Waals surface area contributed by atoms with Crippen molar-refractivity contribution in [1.82, 2.24) is 0 Å². The molecule has 0 aromatic heterocycles. The van der Waals surface area contributed by atoms with Gasteiger partial charge in [0.15, 0.2) is 17.5 Å². The maximum atomic E-state index is 5.94. The largest absolute Gasteiger partial charge is 0.454 e. The van der Waals surface area contributed by atoms with E-state index in [2.05, 4.69) is 36.3 Å². The highest BCUT2D eigenvalue weighted by atomic mass is 127. The highest BCUT2D eigenvalue weighted by Gasteiger charge is 2.12. The fourth-order valence-electron chi connectivity index (χ4n) is 2.41. The minimum Gasteiger partial charge on any atom is -0.454 e. The van der Waals surface area contributed by atoms with Gasteiger partial charge in [-0.1, -0.05) is 12.1 Å². The summed E-state index contributed by atoms with van der Waals surface area (Å²) in [5, 5.41) is 3.12. The molecule has 0 unspecified atom stereocenters. The zero-order chi connectivity index (χ0) is 16.2. The molecule has 5 nitrogen and oxygen atoms in total. The van der Waals surface area contributed by atoms with Gasteiger partial charge < -0.3 is 20.5 Å². The number of anilines is 1. The molecule has 0 aliphatic carbocycles. The lowest BCUT2D eigenvalue weighted by atomic mass is 10.1. The van der Waals surface area contributed by atoms with E-state index in [4.69, 9.17) is 15.2 Å². The van der Waals surface area contributed by atoms with Gasteiger partial charge in [0.1, 0.15) is 0 Å². The maximum Gasteiger partial charge on any atom is 0.231 e. The average Bonchev–Trinajstić information content (AvgIpc) is 2.98. The van der Waals surface area contributed by atoms with Gasteiger partial charge in [0, 0.05) is 12.2 Å². The van der Waals surface area contributed by atoms with Crippen molar-refractivity contribution in [3.63, 3.8) is 0 Å². The van der Waals surface area contributed by atoms with Crippen LogP contribution in [0.2, 0.25) is 0 Å². The number of hydrogen-bond acceptors (Lipinski definition) is 3. The van der Waals surface area contributed by atoms with E-state index in [-0.39, 0.29) is 24.0 Å². The summed E-state index contributed by atoms with van der Waals surface area (Å²) in [5.74, 6) is 2.02. The van der Waals surface area contributed by atoms with E-state index in [0.717, 1.165) is 29.2 Å². The molecule has 0 radical (unpaired) electrons. The van der Waals surface area contributed by atoms with Crippen LogP contribution in [0.1, 0.15) is 16.7 Å². The Morgan fingerprint density at radius 1 is 1.08 bits per heavy atom. The first-order valence-corrected chi connectivity index (χ1v) is 7.64. The Labute approximate surface area is 159 Å². The van der Waals surface area contributed by atoms with Crippen molar-refractivity contribution in [2.45, 2.75) is 20.3 Å². The molecule has 24 heavy (non-hydrogen) atoms. The summed E-state index contributed by atoms with van der Waals surface area (Å²) >= 11 is 0. The molecule has 1 aliphatic rings. The average molecular weight is 439 g/mol. The molecule has 0 saturated heterocycles. The Morgan fingerprint density at radius 2 is 1.88 bits per heavy atom. The third-order valence-corrected chi connectivity index (χ3v) is 3.90. The number of benzene rings is 2. The number of hydrogen-bond donors (Lipinski definition) is 2. The number of rotatable bonds is 4. The van der Waals surface area contributed by atoms with Crippen LogP contribution >= 0.6 is 24.0 Å². The van der Waals surface area contributed by atoms with E-state index < -0.39 is 0 Å². The lowest BCUT2D eigenvalue weighted by Gasteiger charge is -2.08. The molecule has 0 spiro atoms. The van der Waals surface area contributed by atoms with Crippen LogP contribution in [0.5, 0.6) is 11.5 Å². The van der Waals surface area contributed by atoms with E-state index in [9.17, 15) is 0 Å². The lowest BCUT2D eigenvalue weighted by molar-refractivity contribution is 0.174. The molecule has 0 saturated carbocycles. The molecule has 6 heteroatoms. The van der Waals surface area contributed by atoms with Gasteiger partial charge in [-0.2, -0.15) is 0 Å². The van der Waals surface area contributed by atoms with Crippen LogP contribution in [0.25, 0.3) is 0 Å². The molecule has 1 heterocycles. The quantitative estimate of drug-likeness (QED) is 0.434. The lowest BCUT2D eigenvalue weighted by Crippen LogP contribution is -2.23. The molecular weight excluding hydrogens is 417 g/mol. The zero-order valence-electron chi connectivity index (χ0n) is 13.8. The fourth-order valence-corrected chi connectivity index (χ4v) is 2.41. The molecule has 1 aliphatic heterocycles. The summed E-state index contributed by atoms with van der Waals surface area (Å²) < 4.78 is 10.7. The van der Waals surface area contributed by atoms with E-state index in [1.165, 1.54) is 11.1 Å². The number of fused-ring (bicyclic) bond motifs is 1. The zero-order valence-corrected chi connectivity index (χ0v) is 16.2. The highest BCUT2D eigenvalue weighted by molar-refractivity contribution is 14.0. The first-order chi connectivity index (χ1) is 11.1. The third kappa shape index (κ3) is 4.53. The Kier molecular flexibility index (Phi) is 6.30. The summed E-state index contributed by atoms with van der Waals surface area (Å²) in [4.78, 5) is 4.37. The molecular formula is C18H22IN3O2. The van der Waals surface area contributed by atoms with Crippen LogP contribution < -0.4 is 20.5 Å². The normalized spacial score (nSPS) is 12.7. The summed E-state index contributed by atoms with van der Waals surface area (Å²) in [6.07, 6.45) is 0.798. The van der Waals surface area contributed by atoms with Gasteiger partial charge in [0.05, 0.1) is 0 Å². The highest BCUT2D eigenvalue weighted by Crippen LogP contribution is 2.32. The summed E-state index contributed by atoms with van der Waals surface area (Å²) in [5.41, 5.74) is 10.5. The standard InChI is InChI=1S/C18H21N3O2.HI/c1-12-3-5-15(9-13(12)2)21-18(19)20-8-7-14-4-6-16-17(10-14)23-11-22-16;/h3-6,9-10H,7-8,11H2,1-2H3,(H3,19,20,21);1H. The van der Waals surface area contributed by atoms with Gasteiger partial charge in [-0.25, -0.2) is 0 Å². The van der Waals surface area contributed by atoms with Crippen molar-refractivity contribution in [2.24, 2.45) is 10.7 Å². The maximum absolute atomic E-state index is 5.94. The van der Waals surface area contributed by atoms with Crippen molar-refractivity contribution in [3.05, 3.63) is 53.1 Å². The van der Waals surface area contributed by atoms with Crippen molar-refractivity contribution in [3.8, 4) is 11.5 Å². The molecule has 0 atom stereocenters. The molecule has 0 bridgehead atoms. The van der Waals surface area contributed by atoms with Crippen molar-refractivity contribution in [2.75, 3.05) is 18.7 Å². The summed E-state index contributed by atoms with van der Waals surface area (Å²) in [7, 11) is 0. The second kappa shape index (κ2) is 8.23. The number of ether oxygens (including phenoxy) is 2. The van der Waals surface area contributed by atoms with Crippen LogP contribution in [0.15, 0.2) is 41.4 Å². The molecule has 2 aromatic carbocycles. The SMILES string of the molecule is Cc1ccc(NC(N)=NCCc2ccc3c(c2)OCO3)cc1C.I. The Morgan fingerprint density at radius 3 is 2.67 bits per heavy atom. The minimum atomic E-state index is 0. The van der Waals surface area contributed by atoms with Crippen molar-refractivity contribution < 1.29 is 9.47 Å². The van der Waals surface area contributed by atoms with E-state index >= 15 is 0 Å². The Balaban J connectivity index is 0.00000208. The predicted molar refractivity (Wildman–Crippen MR) is 108 cm³/mol. The number of halogens is 1. The Hall–Kier alpha value is -1.96. The molecule has 0 fully saturated rings. The predicted octanol–water partition coefficient (Wildman–Crippen LogP) is 3.62. The topological polar surface area (TPSA) is 68.9 Å². The molecule has 3 rings (SSSR count). The fraction of sp³-hybridized carbons (Fsp3) is 0.278. The number of nitrogens with zero attached hydrogens (tertiary/aromatic N) is 1. The van der Waals surface area contributed by atoms with E-state index in [0.29, 0.717) is 19.3 Å². The smallest absolute Gasteiger partial charge is 0.231 e. The second-order valence-corrected chi connectivity index (χ2v) is 5.63. The second-order valence-electron chi connectivity index (χ2n) is 5.63. The number of nitrogens with one attached hydrogen (secondary N) is 1. The van der Waals surface area contributed by atoms with Gasteiger partial charge in [-0.3, -0.25) is 4.99 Å². The van der Waals surface area contributed by atoms with Crippen LogP contribution in [0.4, 0.5) is 5.69 Å². The van der Waals surface area contributed by atoms with E-state index in [1.807, 2.05) is 24.3 Å². The molecule has 128 valence electrons. The van der Waals surface area contributed by atoms with Gasteiger partial charge in [0.25, 0.3) is 0 Å². The van der Waals surface area contributed by atoms with Crippen LogP contribution in [0.3, 0.4) is 0 Å². The number of aliphatic imine (C=N–C) groups is 1. The number of guanidine groups is 1. The van der Waals surface area contributed by atoms with Crippen LogP contribution in [-0.4, -0.2) is 19.3 Å². The van der Waals surface area contributed by atoms with Gasteiger partial charge >= 0.3 is 0 Å².